The Morgan fingerprint density at radius 3 is 1.91 bits per heavy atom. The molecule has 9 nitrogen and oxygen atoms in total. The number of esters is 1. The van der Waals surface area contributed by atoms with Crippen molar-refractivity contribution in [2.24, 2.45) is 0 Å². The van der Waals surface area contributed by atoms with Gasteiger partial charge in [-0.1, -0.05) is 0 Å². The first kappa shape index (κ1) is 28.5. The van der Waals surface area contributed by atoms with Crippen LogP contribution in [-0.4, -0.2) is 40.2 Å². The Balaban J connectivity index is 3.36. The van der Waals surface area contributed by atoms with E-state index >= 15 is 0 Å². The molecular weight excluding hydrogens is 459 g/mol. The summed E-state index contributed by atoms with van der Waals surface area (Å²) in [4.78, 5) is 29.4. The second-order valence-corrected chi connectivity index (χ2v) is 12.0. The lowest BCUT2D eigenvalue weighted by Crippen LogP contribution is -2.26. The van der Waals surface area contributed by atoms with Crippen molar-refractivity contribution in [1.82, 2.24) is 4.98 Å². The minimum absolute atomic E-state index is 0.121. The third kappa shape index (κ3) is 9.96. The Hall–Kier alpha value is -1.51. The minimum atomic E-state index is -4.05. The standard InChI is InChI=1S/C21H34ClN2O7P/c1-19(2,3)29-17(25)14-11-15(16(23-12-14)24(10)18(22)26)13-28-32(27,30-20(4,5)6)31-21(7,8)9/h11-12H,13H2,1-10H3. The van der Waals surface area contributed by atoms with Gasteiger partial charge in [-0.2, -0.15) is 0 Å². The zero-order valence-corrected chi connectivity index (χ0v) is 22.1. The minimum Gasteiger partial charge on any atom is -0.456 e. The summed E-state index contributed by atoms with van der Waals surface area (Å²) in [5, 5.41) is -0.802. The van der Waals surface area contributed by atoms with Crippen molar-refractivity contribution in [3.05, 3.63) is 23.4 Å². The summed E-state index contributed by atoms with van der Waals surface area (Å²) in [6.07, 6.45) is 1.26. The molecule has 32 heavy (non-hydrogen) atoms. The van der Waals surface area contributed by atoms with E-state index in [-0.39, 0.29) is 23.6 Å². The van der Waals surface area contributed by atoms with Crippen LogP contribution in [0.15, 0.2) is 12.3 Å². The van der Waals surface area contributed by atoms with Crippen LogP contribution in [0.1, 0.15) is 78.2 Å². The highest BCUT2D eigenvalue weighted by Gasteiger charge is 2.37. The third-order valence-corrected chi connectivity index (χ3v) is 5.55. The van der Waals surface area contributed by atoms with Gasteiger partial charge >= 0.3 is 19.2 Å². The molecule has 0 saturated heterocycles. The second kappa shape index (κ2) is 10.2. The number of halogens is 1. The number of rotatable bonds is 7. The third-order valence-electron chi connectivity index (χ3n) is 3.31. The van der Waals surface area contributed by atoms with Gasteiger partial charge < -0.3 is 4.74 Å². The van der Waals surface area contributed by atoms with Crippen molar-refractivity contribution >= 4 is 36.6 Å². The summed E-state index contributed by atoms with van der Waals surface area (Å²) in [5.41, 5.74) is -1.99. The summed E-state index contributed by atoms with van der Waals surface area (Å²) >= 11 is 5.60. The van der Waals surface area contributed by atoms with Gasteiger partial charge in [-0.25, -0.2) is 14.3 Å². The molecule has 0 aromatic carbocycles. The summed E-state index contributed by atoms with van der Waals surface area (Å²) < 4.78 is 35.6. The predicted octanol–water partition coefficient (Wildman–Crippen LogP) is 6.09. The number of hydrogen-bond donors (Lipinski definition) is 0. The molecule has 0 aliphatic carbocycles. The number of anilines is 1. The zero-order valence-electron chi connectivity index (χ0n) is 20.4. The van der Waals surface area contributed by atoms with Gasteiger partial charge in [0.05, 0.1) is 23.4 Å². The maximum atomic E-state index is 13.4. The average Bonchev–Trinajstić information content (AvgIpc) is 2.54. The van der Waals surface area contributed by atoms with Gasteiger partial charge in [0.25, 0.3) is 0 Å². The molecule has 1 heterocycles. The molecule has 0 unspecified atom stereocenters. The molecule has 0 aliphatic heterocycles. The summed E-state index contributed by atoms with van der Waals surface area (Å²) in [5.74, 6) is -0.493. The van der Waals surface area contributed by atoms with Crippen LogP contribution >= 0.6 is 19.4 Å². The van der Waals surface area contributed by atoms with Crippen LogP contribution in [-0.2, 0) is 29.5 Å². The van der Waals surface area contributed by atoms with Crippen LogP contribution in [0, 0.1) is 0 Å². The van der Waals surface area contributed by atoms with E-state index in [1.54, 1.807) is 62.3 Å². The van der Waals surface area contributed by atoms with E-state index in [4.69, 9.17) is 29.9 Å². The molecule has 0 bridgehead atoms. The smallest absolute Gasteiger partial charge is 0.456 e. The topological polar surface area (TPSA) is 104 Å². The molecule has 11 heteroatoms. The normalized spacial score (nSPS) is 13.1. The molecule has 0 aliphatic rings. The fourth-order valence-electron chi connectivity index (χ4n) is 2.33. The number of ether oxygens (including phenoxy) is 1. The molecule has 0 spiro atoms. The van der Waals surface area contributed by atoms with Crippen molar-refractivity contribution in [2.45, 2.75) is 85.7 Å². The summed E-state index contributed by atoms with van der Waals surface area (Å²) in [6.45, 7) is 15.2. The van der Waals surface area contributed by atoms with Crippen molar-refractivity contribution in [3.8, 4) is 0 Å². The number of carbonyl (C=O) groups is 2. The number of nitrogens with zero attached hydrogens (tertiary/aromatic N) is 2. The van der Waals surface area contributed by atoms with Crippen LogP contribution in [0.3, 0.4) is 0 Å². The van der Waals surface area contributed by atoms with Crippen LogP contribution in [0.25, 0.3) is 0 Å². The summed E-state index contributed by atoms with van der Waals surface area (Å²) in [7, 11) is -2.65. The predicted molar refractivity (Wildman–Crippen MR) is 123 cm³/mol. The van der Waals surface area contributed by atoms with Gasteiger partial charge in [0.15, 0.2) is 0 Å². The molecule has 0 atom stereocenters. The SMILES string of the molecule is CN(C(=O)Cl)c1ncc(C(=O)OC(C)(C)C)cc1COP(=O)(OC(C)(C)C)OC(C)(C)C. The van der Waals surface area contributed by atoms with Gasteiger partial charge in [0.2, 0.25) is 0 Å². The maximum absolute atomic E-state index is 13.4. The molecule has 0 radical (unpaired) electrons. The quantitative estimate of drug-likeness (QED) is 0.195. The lowest BCUT2D eigenvalue weighted by molar-refractivity contribution is 0.000806. The van der Waals surface area contributed by atoms with E-state index in [1.165, 1.54) is 19.3 Å². The molecule has 1 aromatic rings. The van der Waals surface area contributed by atoms with Gasteiger partial charge in [0.1, 0.15) is 11.4 Å². The van der Waals surface area contributed by atoms with Crippen LogP contribution in [0.5, 0.6) is 0 Å². The Morgan fingerprint density at radius 2 is 1.50 bits per heavy atom. The second-order valence-electron chi connectivity index (χ2n) is 10.1. The summed E-state index contributed by atoms with van der Waals surface area (Å²) in [6, 6.07) is 1.44. The highest BCUT2D eigenvalue weighted by molar-refractivity contribution is 7.48. The number of phosphoric ester groups is 1. The van der Waals surface area contributed by atoms with Gasteiger partial charge in [-0.15, -0.1) is 0 Å². The van der Waals surface area contributed by atoms with E-state index in [0.29, 0.717) is 0 Å². The molecule has 182 valence electrons. The maximum Gasteiger partial charge on any atom is 0.476 e. The molecule has 1 amide bonds. The highest BCUT2D eigenvalue weighted by atomic mass is 35.5. The number of carbonyl (C=O) groups excluding carboxylic acids is 2. The van der Waals surface area contributed by atoms with E-state index in [1.807, 2.05) is 0 Å². The zero-order chi connectivity index (χ0) is 25.1. The first-order valence-corrected chi connectivity index (χ1v) is 11.9. The van der Waals surface area contributed by atoms with Gasteiger partial charge in [-0.05, 0) is 80.0 Å². The number of hydrogen-bond acceptors (Lipinski definition) is 8. The largest absolute Gasteiger partial charge is 0.476 e. The first-order valence-electron chi connectivity index (χ1n) is 10.0. The number of phosphoric acid groups is 1. The average molecular weight is 493 g/mol. The Morgan fingerprint density at radius 1 is 1.00 bits per heavy atom. The lowest BCUT2D eigenvalue weighted by atomic mass is 10.1. The van der Waals surface area contributed by atoms with Crippen molar-refractivity contribution in [2.75, 3.05) is 11.9 Å². The Bertz CT molecular complexity index is 866. The molecule has 0 saturated carbocycles. The molecule has 0 fully saturated rings. The molecule has 0 N–H and O–H groups in total. The van der Waals surface area contributed by atoms with Crippen LogP contribution in [0.2, 0.25) is 0 Å². The number of pyridine rings is 1. The van der Waals surface area contributed by atoms with E-state index in [2.05, 4.69) is 4.98 Å². The van der Waals surface area contributed by atoms with Gasteiger partial charge in [-0.3, -0.25) is 23.3 Å². The van der Waals surface area contributed by atoms with E-state index in [9.17, 15) is 14.2 Å². The fourth-order valence-corrected chi connectivity index (χ4v) is 4.20. The fraction of sp³-hybridized carbons (Fsp3) is 0.667. The van der Waals surface area contributed by atoms with Crippen LogP contribution < -0.4 is 4.90 Å². The molecule has 1 rings (SSSR count). The van der Waals surface area contributed by atoms with Crippen molar-refractivity contribution in [3.63, 3.8) is 0 Å². The Labute approximate surface area is 195 Å². The highest BCUT2D eigenvalue weighted by Crippen LogP contribution is 2.56. The first-order chi connectivity index (χ1) is 14.2. The number of amides is 1. The van der Waals surface area contributed by atoms with Crippen molar-refractivity contribution < 1.29 is 32.5 Å². The monoisotopic (exact) mass is 492 g/mol. The number of aromatic nitrogens is 1. The van der Waals surface area contributed by atoms with Crippen LogP contribution in [0.4, 0.5) is 10.6 Å². The van der Waals surface area contributed by atoms with E-state index < -0.39 is 36.0 Å². The van der Waals surface area contributed by atoms with E-state index in [0.717, 1.165) is 4.90 Å². The van der Waals surface area contributed by atoms with Gasteiger partial charge in [0, 0.05) is 18.8 Å². The lowest BCUT2D eigenvalue weighted by Gasteiger charge is -2.31. The van der Waals surface area contributed by atoms with Crippen molar-refractivity contribution in [1.29, 1.82) is 0 Å². The molecular formula is C21H34ClN2O7P. The molecule has 1 aromatic heterocycles. The Kier molecular flexibility index (Phi) is 9.07.